The molecule has 0 unspecified atom stereocenters. The van der Waals surface area contributed by atoms with Crippen LogP contribution >= 0.6 is 38.6 Å². The Morgan fingerprint density at radius 1 is 1.37 bits per heavy atom. The Kier molecular flexibility index (Phi) is 4.46. The Labute approximate surface area is 129 Å². The molecule has 0 aliphatic carbocycles. The Balaban J connectivity index is 2.24. The summed E-state index contributed by atoms with van der Waals surface area (Å²) in [6, 6.07) is 1.69. The van der Waals surface area contributed by atoms with Gasteiger partial charge in [0.1, 0.15) is 4.21 Å². The molecule has 0 saturated carbocycles. The van der Waals surface area contributed by atoms with Crippen molar-refractivity contribution in [3.63, 3.8) is 0 Å². The van der Waals surface area contributed by atoms with Crippen molar-refractivity contribution in [2.45, 2.75) is 24.6 Å². The molecule has 0 bridgehead atoms. The van der Waals surface area contributed by atoms with Gasteiger partial charge < -0.3 is 0 Å². The molecule has 0 fully saturated rings. The molecule has 104 valence electrons. The van der Waals surface area contributed by atoms with Gasteiger partial charge in [-0.3, -0.25) is 0 Å². The molecule has 0 radical (unpaired) electrons. The fraction of sp³-hybridized carbons (Fsp3) is 0.364. The van der Waals surface area contributed by atoms with Crippen molar-refractivity contribution < 1.29 is 8.42 Å². The van der Waals surface area contributed by atoms with E-state index in [1.807, 2.05) is 13.8 Å². The van der Waals surface area contributed by atoms with E-state index in [9.17, 15) is 8.42 Å². The van der Waals surface area contributed by atoms with Crippen molar-refractivity contribution >= 4 is 48.6 Å². The molecule has 0 aliphatic rings. The van der Waals surface area contributed by atoms with Crippen molar-refractivity contribution in [1.82, 2.24) is 9.29 Å². The minimum atomic E-state index is -3.43. The molecule has 0 amide bonds. The number of rotatable bonds is 4. The predicted octanol–water partition coefficient (Wildman–Crippen LogP) is 3.40. The first-order valence-electron chi connectivity index (χ1n) is 5.44. The number of hydrogen-bond donors (Lipinski definition) is 0. The predicted molar refractivity (Wildman–Crippen MR) is 82.3 cm³/mol. The standard InChI is InChI=1S/C11H13BrN2O2S3/c1-7-4-10(18-11(7)12)19(15,16)14(3)6-9-5-13-8(2)17-9/h4-5H,6H2,1-3H3. The van der Waals surface area contributed by atoms with Gasteiger partial charge in [-0.05, 0) is 41.4 Å². The zero-order chi connectivity index (χ0) is 14.2. The Morgan fingerprint density at radius 3 is 2.53 bits per heavy atom. The maximum Gasteiger partial charge on any atom is 0.252 e. The average molecular weight is 381 g/mol. The van der Waals surface area contributed by atoms with Crippen molar-refractivity contribution in [3.8, 4) is 0 Å². The Bertz CT molecular complexity index is 671. The van der Waals surface area contributed by atoms with Crippen molar-refractivity contribution in [3.05, 3.63) is 31.5 Å². The third-order valence-corrected chi connectivity index (χ3v) is 7.83. The zero-order valence-corrected chi connectivity index (χ0v) is 14.7. The molecule has 4 nitrogen and oxygen atoms in total. The Morgan fingerprint density at radius 2 is 2.05 bits per heavy atom. The summed E-state index contributed by atoms with van der Waals surface area (Å²) in [6.45, 7) is 4.14. The first-order chi connectivity index (χ1) is 8.80. The van der Waals surface area contributed by atoms with Gasteiger partial charge in [-0.25, -0.2) is 13.4 Å². The van der Waals surface area contributed by atoms with Crippen LogP contribution in [0.4, 0.5) is 0 Å². The number of halogens is 1. The quantitative estimate of drug-likeness (QED) is 0.816. The van der Waals surface area contributed by atoms with Crippen LogP contribution in [0.3, 0.4) is 0 Å². The fourth-order valence-electron chi connectivity index (χ4n) is 1.50. The summed E-state index contributed by atoms with van der Waals surface area (Å²) in [4.78, 5) is 5.08. The zero-order valence-electron chi connectivity index (χ0n) is 10.7. The maximum atomic E-state index is 12.4. The van der Waals surface area contributed by atoms with Crippen molar-refractivity contribution in [2.24, 2.45) is 0 Å². The number of hydrogen-bond acceptors (Lipinski definition) is 5. The number of aromatic nitrogens is 1. The molecule has 2 rings (SSSR count). The smallest absolute Gasteiger partial charge is 0.250 e. The van der Waals surface area contributed by atoms with Crippen LogP contribution in [0.15, 0.2) is 20.3 Å². The van der Waals surface area contributed by atoms with Crippen LogP contribution in [0.25, 0.3) is 0 Å². The van der Waals surface area contributed by atoms with Crippen LogP contribution in [0.1, 0.15) is 15.4 Å². The van der Waals surface area contributed by atoms with E-state index in [0.717, 1.165) is 19.2 Å². The van der Waals surface area contributed by atoms with E-state index in [1.54, 1.807) is 19.3 Å². The second-order valence-electron chi connectivity index (χ2n) is 4.13. The van der Waals surface area contributed by atoms with Crippen molar-refractivity contribution in [1.29, 1.82) is 0 Å². The molecule has 0 aromatic carbocycles. The second kappa shape index (κ2) is 5.61. The van der Waals surface area contributed by atoms with Crippen LogP contribution in [0.2, 0.25) is 0 Å². The second-order valence-corrected chi connectivity index (χ2v) is 10.1. The van der Waals surface area contributed by atoms with Gasteiger partial charge in [0.2, 0.25) is 0 Å². The lowest BCUT2D eigenvalue weighted by Gasteiger charge is -2.14. The molecule has 2 aromatic rings. The summed E-state index contributed by atoms with van der Waals surface area (Å²) < 4.78 is 27.4. The third-order valence-electron chi connectivity index (χ3n) is 2.55. The van der Waals surface area contributed by atoms with Gasteiger partial charge >= 0.3 is 0 Å². The van der Waals surface area contributed by atoms with Crippen LogP contribution in [0.5, 0.6) is 0 Å². The first kappa shape index (κ1) is 15.1. The molecule has 8 heteroatoms. The summed E-state index contributed by atoms with van der Waals surface area (Å²) in [5.74, 6) is 0. The molecule has 0 spiro atoms. The summed E-state index contributed by atoms with van der Waals surface area (Å²) in [7, 11) is -1.84. The molecule has 2 heterocycles. The average Bonchev–Trinajstić information content (AvgIpc) is 2.87. The van der Waals surface area contributed by atoms with Gasteiger partial charge in [-0.15, -0.1) is 22.7 Å². The molecule has 0 saturated heterocycles. The monoisotopic (exact) mass is 380 g/mol. The van der Waals surface area contributed by atoms with E-state index in [0.29, 0.717) is 10.8 Å². The molecule has 19 heavy (non-hydrogen) atoms. The SMILES string of the molecule is Cc1ncc(CN(C)S(=O)(=O)c2cc(C)c(Br)s2)s1. The Hall–Kier alpha value is -0.280. The minimum Gasteiger partial charge on any atom is -0.250 e. The normalized spacial score (nSPS) is 12.3. The van der Waals surface area contributed by atoms with Gasteiger partial charge in [0.05, 0.1) is 8.79 Å². The molecule has 2 aromatic heterocycles. The van der Waals surface area contributed by atoms with E-state index in [4.69, 9.17) is 0 Å². The lowest BCUT2D eigenvalue weighted by Crippen LogP contribution is -2.25. The highest BCUT2D eigenvalue weighted by molar-refractivity contribution is 9.11. The molecule has 0 aliphatic heterocycles. The largest absolute Gasteiger partial charge is 0.252 e. The number of aryl methyl sites for hydroxylation is 2. The van der Waals surface area contributed by atoms with E-state index in [-0.39, 0.29) is 0 Å². The third kappa shape index (κ3) is 3.25. The lowest BCUT2D eigenvalue weighted by molar-refractivity contribution is 0.471. The highest BCUT2D eigenvalue weighted by Crippen LogP contribution is 2.32. The number of nitrogens with zero attached hydrogens (tertiary/aromatic N) is 2. The van der Waals surface area contributed by atoms with Gasteiger partial charge in [0, 0.05) is 24.7 Å². The van der Waals surface area contributed by atoms with E-state index in [1.165, 1.54) is 27.0 Å². The van der Waals surface area contributed by atoms with Crippen molar-refractivity contribution in [2.75, 3.05) is 7.05 Å². The lowest BCUT2D eigenvalue weighted by atomic mass is 10.4. The highest BCUT2D eigenvalue weighted by Gasteiger charge is 2.24. The minimum absolute atomic E-state index is 0.350. The highest BCUT2D eigenvalue weighted by atomic mass is 79.9. The molecule has 0 N–H and O–H groups in total. The topological polar surface area (TPSA) is 50.3 Å². The maximum absolute atomic E-state index is 12.4. The number of sulfonamides is 1. The summed E-state index contributed by atoms with van der Waals surface area (Å²) in [5, 5.41) is 0.940. The summed E-state index contributed by atoms with van der Waals surface area (Å²) >= 11 is 6.11. The fourth-order valence-corrected chi connectivity index (χ4v) is 6.01. The van der Waals surface area contributed by atoms with Crippen LogP contribution < -0.4 is 0 Å². The molecule has 0 atom stereocenters. The van der Waals surface area contributed by atoms with Gasteiger partial charge in [-0.2, -0.15) is 4.31 Å². The molecular formula is C11H13BrN2O2S3. The van der Waals surface area contributed by atoms with E-state index in [2.05, 4.69) is 20.9 Å². The first-order valence-corrected chi connectivity index (χ1v) is 9.31. The van der Waals surface area contributed by atoms with E-state index >= 15 is 0 Å². The van der Waals surface area contributed by atoms with Gasteiger partial charge in [-0.1, -0.05) is 0 Å². The summed E-state index contributed by atoms with van der Waals surface area (Å²) in [5.41, 5.74) is 0.936. The number of thiophene rings is 1. The van der Waals surface area contributed by atoms with Crippen LogP contribution in [-0.2, 0) is 16.6 Å². The van der Waals surface area contributed by atoms with Gasteiger partial charge in [0.15, 0.2) is 0 Å². The number of thiazole rings is 1. The van der Waals surface area contributed by atoms with E-state index < -0.39 is 10.0 Å². The van der Waals surface area contributed by atoms with Gasteiger partial charge in [0.25, 0.3) is 10.0 Å². The summed E-state index contributed by atoms with van der Waals surface area (Å²) in [6.07, 6.45) is 1.72. The van der Waals surface area contributed by atoms with Crippen LogP contribution in [-0.4, -0.2) is 24.8 Å². The molecular weight excluding hydrogens is 368 g/mol. The van der Waals surface area contributed by atoms with Crippen LogP contribution in [0, 0.1) is 13.8 Å².